The number of carbonyl (C=O) groups excluding carboxylic acids is 1. The maximum atomic E-state index is 11.7. The minimum Gasteiger partial charge on any atom is -0.491 e. The maximum absolute atomic E-state index is 11.7. The van der Waals surface area contributed by atoms with E-state index in [1.165, 1.54) is 10.9 Å². The third-order valence-corrected chi connectivity index (χ3v) is 5.60. The molecule has 0 saturated carbocycles. The van der Waals surface area contributed by atoms with Gasteiger partial charge in [0.05, 0.1) is 12.6 Å². The zero-order valence-corrected chi connectivity index (χ0v) is 16.7. The largest absolute Gasteiger partial charge is 0.491 e. The predicted octanol–water partition coefficient (Wildman–Crippen LogP) is 2.77. The summed E-state index contributed by atoms with van der Waals surface area (Å²) in [7, 11) is 0. The van der Waals surface area contributed by atoms with Crippen LogP contribution in [0.25, 0.3) is 10.9 Å². The first-order chi connectivity index (χ1) is 13.6. The molecule has 0 radical (unpaired) electrons. The van der Waals surface area contributed by atoms with Crippen molar-refractivity contribution in [1.82, 2.24) is 9.88 Å². The van der Waals surface area contributed by atoms with Crippen LogP contribution in [0, 0.1) is 0 Å². The SMILES string of the molecule is O=CN1CCc2c([nH]c3ccc(Br)cc23)C1c1ccc(OCC(O)CO)cc1. The summed E-state index contributed by atoms with van der Waals surface area (Å²) in [6, 6.07) is 13.5. The van der Waals surface area contributed by atoms with E-state index in [-0.39, 0.29) is 19.3 Å². The molecule has 0 spiro atoms. The Morgan fingerprint density at radius 3 is 2.79 bits per heavy atom. The Morgan fingerprint density at radius 1 is 1.29 bits per heavy atom. The topological polar surface area (TPSA) is 85.8 Å². The van der Waals surface area contributed by atoms with Crippen LogP contribution in [0.15, 0.2) is 46.9 Å². The van der Waals surface area contributed by atoms with Crippen molar-refractivity contribution in [1.29, 1.82) is 0 Å². The Morgan fingerprint density at radius 2 is 2.07 bits per heavy atom. The summed E-state index contributed by atoms with van der Waals surface area (Å²) < 4.78 is 6.51. The number of halogens is 1. The van der Waals surface area contributed by atoms with Crippen molar-refractivity contribution >= 4 is 33.2 Å². The van der Waals surface area contributed by atoms with E-state index in [0.717, 1.165) is 34.1 Å². The van der Waals surface area contributed by atoms with E-state index < -0.39 is 6.10 Å². The van der Waals surface area contributed by atoms with Gasteiger partial charge in [0.25, 0.3) is 0 Å². The van der Waals surface area contributed by atoms with Gasteiger partial charge in [-0.2, -0.15) is 0 Å². The Labute approximate surface area is 170 Å². The normalized spacial score (nSPS) is 17.4. The summed E-state index contributed by atoms with van der Waals surface area (Å²) >= 11 is 3.54. The van der Waals surface area contributed by atoms with E-state index in [1.54, 1.807) is 4.90 Å². The van der Waals surface area contributed by atoms with Crippen LogP contribution in [0.2, 0.25) is 0 Å². The second-order valence-electron chi connectivity index (χ2n) is 6.92. The molecule has 1 aliphatic heterocycles. The first kappa shape index (κ1) is 19.0. The highest BCUT2D eigenvalue weighted by atomic mass is 79.9. The third kappa shape index (κ3) is 3.53. The Bertz CT molecular complexity index is 986. The lowest BCUT2D eigenvalue weighted by Gasteiger charge is -2.33. The number of nitrogens with one attached hydrogen (secondary N) is 1. The van der Waals surface area contributed by atoms with Crippen LogP contribution in [0.1, 0.15) is 22.9 Å². The summed E-state index contributed by atoms with van der Waals surface area (Å²) in [5.41, 5.74) is 4.32. The number of aromatic nitrogens is 1. The molecule has 28 heavy (non-hydrogen) atoms. The molecule has 1 aromatic heterocycles. The van der Waals surface area contributed by atoms with Crippen molar-refractivity contribution in [2.24, 2.45) is 0 Å². The predicted molar refractivity (Wildman–Crippen MR) is 109 cm³/mol. The van der Waals surface area contributed by atoms with Gasteiger partial charge in [-0.05, 0) is 47.9 Å². The van der Waals surface area contributed by atoms with Crippen molar-refractivity contribution in [2.45, 2.75) is 18.6 Å². The molecule has 6 nitrogen and oxygen atoms in total. The lowest BCUT2D eigenvalue weighted by Crippen LogP contribution is -2.34. The molecule has 3 N–H and O–H groups in total. The first-order valence-corrected chi connectivity index (χ1v) is 9.92. The van der Waals surface area contributed by atoms with E-state index >= 15 is 0 Å². The van der Waals surface area contributed by atoms with Crippen molar-refractivity contribution in [2.75, 3.05) is 19.8 Å². The lowest BCUT2D eigenvalue weighted by atomic mass is 9.93. The van der Waals surface area contributed by atoms with Crippen molar-refractivity contribution < 1.29 is 19.7 Å². The summed E-state index contributed by atoms with van der Waals surface area (Å²) in [6.45, 7) is 0.343. The lowest BCUT2D eigenvalue weighted by molar-refractivity contribution is -0.120. The number of aliphatic hydroxyl groups is 2. The summed E-state index contributed by atoms with van der Waals surface area (Å²) in [5, 5.41) is 19.5. The van der Waals surface area contributed by atoms with E-state index in [0.29, 0.717) is 12.3 Å². The summed E-state index contributed by atoms with van der Waals surface area (Å²) in [6.07, 6.45) is 0.801. The zero-order valence-electron chi connectivity index (χ0n) is 15.1. The number of H-pyrrole nitrogens is 1. The number of aliphatic hydroxyl groups excluding tert-OH is 2. The highest BCUT2D eigenvalue weighted by Gasteiger charge is 2.31. The van der Waals surface area contributed by atoms with Gasteiger partial charge in [-0.25, -0.2) is 0 Å². The molecular weight excluding hydrogens is 424 g/mol. The monoisotopic (exact) mass is 444 g/mol. The number of ether oxygens (including phenoxy) is 1. The average molecular weight is 445 g/mol. The van der Waals surface area contributed by atoms with Gasteiger partial charge in [0.2, 0.25) is 6.41 Å². The highest BCUT2D eigenvalue weighted by molar-refractivity contribution is 9.10. The van der Waals surface area contributed by atoms with E-state index in [9.17, 15) is 9.90 Å². The van der Waals surface area contributed by atoms with Gasteiger partial charge in [0, 0.05) is 27.6 Å². The van der Waals surface area contributed by atoms with Crippen LogP contribution in [0.5, 0.6) is 5.75 Å². The molecule has 7 heteroatoms. The van der Waals surface area contributed by atoms with Gasteiger partial charge in [-0.3, -0.25) is 4.79 Å². The van der Waals surface area contributed by atoms with E-state index in [2.05, 4.69) is 27.0 Å². The number of amides is 1. The minimum absolute atomic E-state index is 0.0286. The number of rotatable bonds is 6. The van der Waals surface area contributed by atoms with E-state index in [1.807, 2.05) is 36.4 Å². The maximum Gasteiger partial charge on any atom is 0.210 e. The number of hydrogen-bond donors (Lipinski definition) is 3. The number of nitrogens with zero attached hydrogens (tertiary/aromatic N) is 1. The third-order valence-electron chi connectivity index (χ3n) is 5.11. The number of benzene rings is 2. The van der Waals surface area contributed by atoms with Gasteiger partial charge in [-0.15, -0.1) is 0 Å². The van der Waals surface area contributed by atoms with Gasteiger partial charge >= 0.3 is 0 Å². The molecule has 4 rings (SSSR count). The fourth-order valence-electron chi connectivity index (χ4n) is 3.74. The van der Waals surface area contributed by atoms with Gasteiger partial charge < -0.3 is 24.8 Å². The Hall–Kier alpha value is -2.35. The molecule has 1 aliphatic rings. The molecule has 146 valence electrons. The Kier molecular flexibility index (Phi) is 5.39. The molecule has 2 heterocycles. The molecule has 2 aromatic carbocycles. The number of hydrogen-bond acceptors (Lipinski definition) is 4. The van der Waals surface area contributed by atoms with Crippen molar-refractivity contribution in [3.8, 4) is 5.75 Å². The van der Waals surface area contributed by atoms with Crippen LogP contribution in [-0.2, 0) is 11.2 Å². The smallest absolute Gasteiger partial charge is 0.210 e. The number of fused-ring (bicyclic) bond motifs is 3. The fourth-order valence-corrected chi connectivity index (χ4v) is 4.10. The molecular formula is C21H21BrN2O4. The molecule has 0 saturated heterocycles. The summed E-state index contributed by atoms with van der Waals surface area (Å²) in [4.78, 5) is 17.0. The van der Waals surface area contributed by atoms with Crippen LogP contribution in [0.4, 0.5) is 0 Å². The summed E-state index contributed by atoms with van der Waals surface area (Å²) in [5.74, 6) is 0.602. The van der Waals surface area contributed by atoms with Crippen LogP contribution >= 0.6 is 15.9 Å². The minimum atomic E-state index is -0.906. The van der Waals surface area contributed by atoms with Crippen LogP contribution in [-0.4, -0.2) is 52.4 Å². The fraction of sp³-hybridized carbons (Fsp3) is 0.286. The second-order valence-corrected chi connectivity index (χ2v) is 7.84. The first-order valence-electron chi connectivity index (χ1n) is 9.13. The van der Waals surface area contributed by atoms with Crippen molar-refractivity contribution in [3.63, 3.8) is 0 Å². The molecule has 2 unspecified atom stereocenters. The van der Waals surface area contributed by atoms with Crippen molar-refractivity contribution in [3.05, 3.63) is 63.8 Å². The molecule has 2 atom stereocenters. The quantitative estimate of drug-likeness (QED) is 0.510. The molecule has 1 amide bonds. The average Bonchev–Trinajstić information content (AvgIpc) is 3.09. The second kappa shape index (κ2) is 7.95. The van der Waals surface area contributed by atoms with Crippen LogP contribution in [0.3, 0.4) is 0 Å². The van der Waals surface area contributed by atoms with Crippen LogP contribution < -0.4 is 4.74 Å². The van der Waals surface area contributed by atoms with E-state index in [4.69, 9.17) is 9.84 Å². The molecule has 0 fully saturated rings. The van der Waals surface area contributed by atoms with Gasteiger partial charge in [0.15, 0.2) is 0 Å². The molecule has 0 aliphatic carbocycles. The number of carbonyl (C=O) groups is 1. The van der Waals surface area contributed by atoms with Gasteiger partial charge in [-0.1, -0.05) is 28.1 Å². The Balaban J connectivity index is 1.68. The standard InChI is InChI=1S/C21H21BrN2O4/c22-14-3-6-19-18(9-14)17-7-8-24(12-26)21(20(17)23-19)13-1-4-16(5-2-13)28-11-15(27)10-25/h1-6,9,12,15,21,23,25,27H,7-8,10-11H2. The highest BCUT2D eigenvalue weighted by Crippen LogP contribution is 2.38. The molecule has 0 bridgehead atoms. The number of aromatic amines is 1. The zero-order chi connectivity index (χ0) is 19.7. The van der Waals surface area contributed by atoms with Gasteiger partial charge in [0.1, 0.15) is 18.5 Å². The molecule has 3 aromatic rings.